The van der Waals surface area contributed by atoms with Gasteiger partial charge in [-0.2, -0.15) is 10.4 Å². The van der Waals surface area contributed by atoms with Crippen molar-refractivity contribution >= 4 is 39.0 Å². The third kappa shape index (κ3) is 4.60. The largest absolute Gasteiger partial charge is 0.389 e. The maximum Gasteiger partial charge on any atom is 0.186 e. The number of rotatable bonds is 6. The van der Waals surface area contributed by atoms with Crippen molar-refractivity contribution in [3.05, 3.63) is 57.4 Å². The molecule has 242 valence electrons. The Morgan fingerprint density at radius 3 is 2.77 bits per heavy atom. The molecule has 3 aliphatic rings. The summed E-state index contributed by atoms with van der Waals surface area (Å²) >= 11 is 1.54. The van der Waals surface area contributed by atoms with Crippen LogP contribution in [-0.2, 0) is 18.3 Å². The van der Waals surface area contributed by atoms with Crippen molar-refractivity contribution in [1.29, 1.82) is 5.26 Å². The Hall–Kier alpha value is -4.54. The van der Waals surface area contributed by atoms with Crippen LogP contribution in [0.5, 0.6) is 0 Å². The highest BCUT2D eigenvalue weighted by Crippen LogP contribution is 2.55. The average molecular weight is 650 g/mol. The summed E-state index contributed by atoms with van der Waals surface area (Å²) in [5.41, 5.74) is 17.2. The Morgan fingerprint density at radius 2 is 2.00 bits per heavy atom. The van der Waals surface area contributed by atoms with Gasteiger partial charge in [0.25, 0.3) is 0 Å². The SMILES string of the molecule is C[C@H](Nc1nc(-c2noc3c2CCC[C@@]32CCCc3sc(N)c(C#N)c32)nc2c1cnn2[C@@H](C)[C@@H]1CCCN1C)c1cccnc1N. The normalized spacial score (nSPS) is 22.2. The van der Waals surface area contributed by atoms with E-state index in [4.69, 9.17) is 36.2 Å². The van der Waals surface area contributed by atoms with E-state index in [1.807, 2.05) is 29.9 Å². The minimum Gasteiger partial charge on any atom is -0.389 e. The summed E-state index contributed by atoms with van der Waals surface area (Å²) in [6.45, 7) is 5.33. The van der Waals surface area contributed by atoms with Gasteiger partial charge in [0.15, 0.2) is 22.9 Å². The van der Waals surface area contributed by atoms with Crippen molar-refractivity contribution in [1.82, 2.24) is 34.8 Å². The number of pyridine rings is 1. The molecule has 1 spiro atoms. The number of hydrogen-bond acceptors (Lipinski definition) is 12. The molecular formula is C34H39N11OS. The molecule has 1 saturated heterocycles. The number of aryl methyl sites for hydroxylation is 1. The van der Waals surface area contributed by atoms with Gasteiger partial charge in [0.1, 0.15) is 22.7 Å². The number of aromatic nitrogens is 6. The lowest BCUT2D eigenvalue weighted by molar-refractivity contribution is 0.232. The minimum absolute atomic E-state index is 0.102. The van der Waals surface area contributed by atoms with Crippen LogP contribution in [0, 0.1) is 11.3 Å². The van der Waals surface area contributed by atoms with Crippen molar-refractivity contribution in [2.24, 2.45) is 0 Å². The number of hydrogen-bond donors (Lipinski definition) is 3. The monoisotopic (exact) mass is 649 g/mol. The van der Waals surface area contributed by atoms with Crippen LogP contribution in [0.15, 0.2) is 29.0 Å². The molecule has 2 aliphatic carbocycles. The van der Waals surface area contributed by atoms with Crippen molar-refractivity contribution in [2.45, 2.75) is 88.8 Å². The lowest BCUT2D eigenvalue weighted by atomic mass is 9.63. The molecule has 1 aliphatic heterocycles. The topological polar surface area (TPSA) is 174 Å². The molecule has 0 aromatic carbocycles. The number of nitriles is 1. The summed E-state index contributed by atoms with van der Waals surface area (Å²) in [4.78, 5) is 18.2. The number of nitrogens with two attached hydrogens (primary N) is 2. The molecule has 1 fully saturated rings. The molecular weight excluding hydrogens is 611 g/mol. The van der Waals surface area contributed by atoms with E-state index >= 15 is 0 Å². The highest BCUT2D eigenvalue weighted by Gasteiger charge is 2.49. The van der Waals surface area contributed by atoms with Crippen LogP contribution in [0.3, 0.4) is 0 Å². The molecule has 5 aromatic heterocycles. The summed E-state index contributed by atoms with van der Waals surface area (Å²) in [6.07, 6.45) is 11.3. The van der Waals surface area contributed by atoms with Crippen LogP contribution in [0.4, 0.5) is 16.6 Å². The van der Waals surface area contributed by atoms with E-state index in [1.165, 1.54) is 11.3 Å². The number of thiophene rings is 1. The molecule has 0 unspecified atom stereocenters. The summed E-state index contributed by atoms with van der Waals surface area (Å²) in [6, 6.07) is 6.55. The van der Waals surface area contributed by atoms with Crippen molar-refractivity contribution in [3.63, 3.8) is 0 Å². The first-order chi connectivity index (χ1) is 22.8. The molecule has 6 heterocycles. The maximum atomic E-state index is 10.1. The first-order valence-corrected chi connectivity index (χ1v) is 17.4. The van der Waals surface area contributed by atoms with Gasteiger partial charge in [-0.3, -0.25) is 0 Å². The number of fused-ring (bicyclic) bond motifs is 5. The van der Waals surface area contributed by atoms with E-state index in [-0.39, 0.29) is 12.1 Å². The van der Waals surface area contributed by atoms with Crippen LogP contribution in [0.25, 0.3) is 22.6 Å². The van der Waals surface area contributed by atoms with Gasteiger partial charge in [-0.05, 0) is 90.4 Å². The van der Waals surface area contributed by atoms with Crippen LogP contribution in [-0.4, -0.2) is 54.4 Å². The van der Waals surface area contributed by atoms with Gasteiger partial charge in [-0.25, -0.2) is 19.6 Å². The number of nitrogens with zero attached hydrogens (tertiary/aromatic N) is 8. The minimum atomic E-state index is -0.424. The Balaban J connectivity index is 1.28. The zero-order chi connectivity index (χ0) is 32.4. The quantitative estimate of drug-likeness (QED) is 0.204. The lowest BCUT2D eigenvalue weighted by Crippen LogP contribution is -2.35. The molecule has 0 radical (unpaired) electrons. The van der Waals surface area contributed by atoms with Gasteiger partial charge in [0, 0.05) is 28.2 Å². The van der Waals surface area contributed by atoms with Crippen molar-refractivity contribution < 1.29 is 4.52 Å². The van der Waals surface area contributed by atoms with Crippen LogP contribution in [0.1, 0.15) is 97.3 Å². The highest BCUT2D eigenvalue weighted by atomic mass is 32.1. The van der Waals surface area contributed by atoms with Gasteiger partial charge in [-0.15, -0.1) is 11.3 Å². The Kier molecular flexibility index (Phi) is 7.18. The Labute approximate surface area is 277 Å². The van der Waals surface area contributed by atoms with E-state index in [2.05, 4.69) is 35.2 Å². The zero-order valence-corrected chi connectivity index (χ0v) is 27.8. The molecule has 5 aromatic rings. The molecule has 4 atom stereocenters. The molecule has 13 heteroatoms. The van der Waals surface area contributed by atoms with Gasteiger partial charge in [0.2, 0.25) is 0 Å². The highest BCUT2D eigenvalue weighted by molar-refractivity contribution is 7.16. The van der Waals surface area contributed by atoms with E-state index < -0.39 is 5.41 Å². The predicted octanol–water partition coefficient (Wildman–Crippen LogP) is 5.76. The fraction of sp³-hybridized carbons (Fsp3) is 0.471. The zero-order valence-electron chi connectivity index (χ0n) is 27.0. The van der Waals surface area contributed by atoms with E-state index in [9.17, 15) is 5.26 Å². The Morgan fingerprint density at radius 1 is 1.17 bits per heavy atom. The molecule has 12 nitrogen and oxygen atoms in total. The van der Waals surface area contributed by atoms with Crippen LogP contribution >= 0.6 is 11.3 Å². The molecule has 0 bridgehead atoms. The maximum absolute atomic E-state index is 10.1. The fourth-order valence-electron chi connectivity index (χ4n) is 8.44. The van der Waals surface area contributed by atoms with E-state index in [0.29, 0.717) is 39.8 Å². The number of nitrogens with one attached hydrogen (secondary N) is 1. The number of likely N-dealkylation sites (N-methyl/N-ethyl adjacent to an activating group) is 1. The summed E-state index contributed by atoms with van der Waals surface area (Å²) in [5, 5.41) is 24.7. The summed E-state index contributed by atoms with van der Waals surface area (Å²) < 4.78 is 8.36. The molecule has 5 N–H and O–H groups in total. The molecule has 0 saturated carbocycles. The van der Waals surface area contributed by atoms with Crippen LogP contribution < -0.4 is 16.8 Å². The Bertz CT molecular complexity index is 2040. The van der Waals surface area contributed by atoms with Crippen molar-refractivity contribution in [2.75, 3.05) is 30.4 Å². The van der Waals surface area contributed by atoms with Crippen LogP contribution in [0.2, 0.25) is 0 Å². The van der Waals surface area contributed by atoms with Gasteiger partial charge in [0.05, 0.1) is 34.6 Å². The fourth-order valence-corrected chi connectivity index (χ4v) is 9.61. The second-order valence-corrected chi connectivity index (χ2v) is 14.5. The third-order valence-corrected chi connectivity index (χ3v) is 11.8. The first-order valence-electron chi connectivity index (χ1n) is 16.5. The van der Waals surface area contributed by atoms with Gasteiger partial charge < -0.3 is 26.2 Å². The lowest BCUT2D eigenvalue weighted by Gasteiger charge is -2.39. The molecule has 8 rings (SSSR count). The first kappa shape index (κ1) is 29.8. The number of likely N-dealkylation sites (tertiary alicyclic amines) is 1. The van der Waals surface area contributed by atoms with Gasteiger partial charge in [-0.1, -0.05) is 11.2 Å². The van der Waals surface area contributed by atoms with Crippen molar-refractivity contribution in [3.8, 4) is 17.6 Å². The molecule has 47 heavy (non-hydrogen) atoms. The third-order valence-electron chi connectivity index (χ3n) is 10.7. The predicted molar refractivity (Wildman–Crippen MR) is 182 cm³/mol. The second kappa shape index (κ2) is 11.3. The van der Waals surface area contributed by atoms with Gasteiger partial charge >= 0.3 is 0 Å². The second-order valence-electron chi connectivity index (χ2n) is 13.4. The molecule has 0 amide bonds. The van der Waals surface area contributed by atoms with E-state index in [0.717, 1.165) is 85.0 Å². The average Bonchev–Trinajstić information content (AvgIpc) is 3.86. The standard InChI is InChI=1S/C34H39N11OS/c1-18(20-9-6-14-38-29(20)36)40-31-23-17-39-45(19(2)24-10-7-15-44(24)3)33(23)42-32(41-31)27-21-8-4-12-34(28(21)46-43-27)13-5-11-25-26(34)22(16-35)30(37)47-25/h6,9,14,17-19,24H,4-5,7-8,10-13,15,37H2,1-3H3,(H2,36,38)(H,40,41,42)/t18-,19-,24-,34-/m0/s1. The smallest absolute Gasteiger partial charge is 0.186 e. The number of nitrogen functional groups attached to an aromatic ring is 2. The number of anilines is 3. The summed E-state index contributed by atoms with van der Waals surface area (Å²) in [7, 11) is 2.18. The summed E-state index contributed by atoms with van der Waals surface area (Å²) in [5.74, 6) is 2.44. The van der Waals surface area contributed by atoms with E-state index in [1.54, 1.807) is 17.5 Å².